The van der Waals surface area contributed by atoms with Crippen LogP contribution in [0.2, 0.25) is 0 Å². The van der Waals surface area contributed by atoms with Gasteiger partial charge in [-0.3, -0.25) is 0 Å². The minimum Gasteiger partial charge on any atom is -0.0616 e. The number of hydrogen-bond acceptors (Lipinski definition) is 0. The smallest absolute Gasteiger partial charge is 0.00206 e. The molecule has 0 heteroatoms. The predicted octanol–water partition coefficient (Wildman–Crippen LogP) is 12.7. The van der Waals surface area contributed by atoms with E-state index in [2.05, 4.69) is 160 Å². The average molecular weight is 561 g/mol. The van der Waals surface area contributed by atoms with Crippen LogP contribution in [0.5, 0.6) is 0 Å². The van der Waals surface area contributed by atoms with Crippen molar-refractivity contribution in [1.82, 2.24) is 0 Å². The van der Waals surface area contributed by atoms with Crippen LogP contribution in [0.3, 0.4) is 0 Å². The molecule has 0 amide bonds. The van der Waals surface area contributed by atoms with Crippen molar-refractivity contribution in [3.05, 3.63) is 145 Å². The lowest BCUT2D eigenvalue weighted by atomic mass is 9.82. The number of benzene rings is 9. The van der Waals surface area contributed by atoms with Crippen molar-refractivity contribution in [2.45, 2.75) is 26.2 Å². The van der Waals surface area contributed by atoms with Gasteiger partial charge in [-0.2, -0.15) is 0 Å². The van der Waals surface area contributed by atoms with Gasteiger partial charge in [0.2, 0.25) is 0 Å². The summed E-state index contributed by atoms with van der Waals surface area (Å²) >= 11 is 0. The van der Waals surface area contributed by atoms with E-state index in [1.807, 2.05) is 0 Å². The van der Waals surface area contributed by atoms with Gasteiger partial charge in [0.25, 0.3) is 0 Å². The molecule has 0 unspecified atom stereocenters. The van der Waals surface area contributed by atoms with Crippen LogP contribution in [-0.2, 0) is 5.41 Å². The summed E-state index contributed by atoms with van der Waals surface area (Å²) < 4.78 is 0. The molecule has 0 fully saturated rings. The second-order valence-corrected chi connectivity index (χ2v) is 13.4. The van der Waals surface area contributed by atoms with Crippen LogP contribution in [0.4, 0.5) is 0 Å². The Morgan fingerprint density at radius 3 is 1.66 bits per heavy atom. The summed E-state index contributed by atoms with van der Waals surface area (Å²) in [5.41, 5.74) is 6.58. The van der Waals surface area contributed by atoms with Crippen LogP contribution < -0.4 is 0 Å². The highest BCUT2D eigenvalue weighted by molar-refractivity contribution is 6.25. The third kappa shape index (κ3) is 3.77. The molecule has 0 saturated heterocycles. The SMILES string of the molecule is CC(C)(C)c1cc2ccc3ccc(-c4ccc5cc(-c6cccc7c6ccc6ccccc67)ccc5c4)c4ccc(c1)c2c34. The monoisotopic (exact) mass is 560 g/mol. The third-order valence-electron chi connectivity index (χ3n) is 9.71. The lowest BCUT2D eigenvalue weighted by Crippen LogP contribution is -2.10. The van der Waals surface area contributed by atoms with E-state index in [0.29, 0.717) is 0 Å². The molecular formula is C44H32. The molecule has 9 rings (SSSR count). The summed E-state index contributed by atoms with van der Waals surface area (Å²) in [6, 6.07) is 52.4. The molecule has 9 aromatic carbocycles. The normalized spacial score (nSPS) is 12.4. The fourth-order valence-electron chi connectivity index (χ4n) is 7.38. The molecule has 9 aromatic rings. The van der Waals surface area contributed by atoms with Crippen LogP contribution >= 0.6 is 0 Å². The van der Waals surface area contributed by atoms with Gasteiger partial charge >= 0.3 is 0 Å². The van der Waals surface area contributed by atoms with E-state index in [-0.39, 0.29) is 5.41 Å². The van der Waals surface area contributed by atoms with Gasteiger partial charge in [0.1, 0.15) is 0 Å². The van der Waals surface area contributed by atoms with E-state index in [1.54, 1.807) is 0 Å². The maximum absolute atomic E-state index is 2.39. The van der Waals surface area contributed by atoms with Gasteiger partial charge in [0, 0.05) is 0 Å². The minimum absolute atomic E-state index is 0.114. The van der Waals surface area contributed by atoms with Crippen LogP contribution in [-0.4, -0.2) is 0 Å². The third-order valence-corrected chi connectivity index (χ3v) is 9.71. The summed E-state index contributed by atoms with van der Waals surface area (Å²) in [6.07, 6.45) is 0. The molecular weight excluding hydrogens is 528 g/mol. The van der Waals surface area contributed by atoms with E-state index in [4.69, 9.17) is 0 Å². The Bertz CT molecular complexity index is 2560. The first-order valence-electron chi connectivity index (χ1n) is 15.6. The fourth-order valence-corrected chi connectivity index (χ4v) is 7.38. The van der Waals surface area contributed by atoms with Gasteiger partial charge in [-0.05, 0) is 110 Å². The highest BCUT2D eigenvalue weighted by atomic mass is 14.2. The molecule has 0 saturated carbocycles. The van der Waals surface area contributed by atoms with Crippen molar-refractivity contribution >= 4 is 64.6 Å². The molecule has 0 N–H and O–H groups in total. The van der Waals surface area contributed by atoms with Gasteiger partial charge in [0.15, 0.2) is 0 Å². The van der Waals surface area contributed by atoms with Gasteiger partial charge in [-0.1, -0.05) is 148 Å². The molecule has 0 atom stereocenters. The molecule has 0 spiro atoms. The van der Waals surface area contributed by atoms with Gasteiger partial charge < -0.3 is 0 Å². The van der Waals surface area contributed by atoms with E-state index in [9.17, 15) is 0 Å². The molecule has 208 valence electrons. The number of hydrogen-bond donors (Lipinski definition) is 0. The highest BCUT2D eigenvalue weighted by Crippen LogP contribution is 2.42. The van der Waals surface area contributed by atoms with Crippen molar-refractivity contribution < 1.29 is 0 Å². The maximum atomic E-state index is 2.39. The Hall–Kier alpha value is -5.20. The first-order chi connectivity index (χ1) is 21.4. The molecule has 0 nitrogen and oxygen atoms in total. The molecule has 0 bridgehead atoms. The Morgan fingerprint density at radius 2 is 0.909 bits per heavy atom. The molecule has 0 radical (unpaired) electrons. The molecule has 0 aliphatic rings. The van der Waals surface area contributed by atoms with E-state index in [0.717, 1.165) is 0 Å². The zero-order valence-corrected chi connectivity index (χ0v) is 25.3. The molecule has 0 aromatic heterocycles. The first kappa shape index (κ1) is 25.3. The van der Waals surface area contributed by atoms with Crippen molar-refractivity contribution in [2.75, 3.05) is 0 Å². The zero-order chi connectivity index (χ0) is 29.6. The molecule has 0 aliphatic heterocycles. The first-order valence-corrected chi connectivity index (χ1v) is 15.6. The van der Waals surface area contributed by atoms with Crippen LogP contribution in [0.15, 0.2) is 140 Å². The van der Waals surface area contributed by atoms with Crippen molar-refractivity contribution in [2.24, 2.45) is 0 Å². The molecule has 0 heterocycles. The Balaban J connectivity index is 1.18. The second-order valence-electron chi connectivity index (χ2n) is 13.4. The summed E-state index contributed by atoms with van der Waals surface area (Å²) in [5, 5.41) is 15.7. The van der Waals surface area contributed by atoms with Crippen LogP contribution in [0, 0.1) is 0 Å². The summed E-state index contributed by atoms with van der Waals surface area (Å²) in [5.74, 6) is 0. The summed E-state index contributed by atoms with van der Waals surface area (Å²) in [4.78, 5) is 0. The second kappa shape index (κ2) is 9.15. The maximum Gasteiger partial charge on any atom is -0.00206 e. The Morgan fingerprint density at radius 1 is 0.341 bits per heavy atom. The standard InChI is InChI=1S/C44H32/c1-44(2,3)35-25-33-16-11-28-18-20-38(41-22-19-34(26-35)42(33)43(28)41)32-15-13-29-23-31(14-12-30(29)24-32)37-9-6-10-39-36-8-5-4-7-27(36)17-21-40(37)39/h4-26H,1-3H3. The van der Waals surface area contributed by atoms with Crippen molar-refractivity contribution in [3.63, 3.8) is 0 Å². The van der Waals surface area contributed by atoms with Gasteiger partial charge in [0.05, 0.1) is 0 Å². The fraction of sp³-hybridized carbons (Fsp3) is 0.0909. The lowest BCUT2D eigenvalue weighted by Gasteiger charge is -2.22. The van der Waals surface area contributed by atoms with Crippen LogP contribution in [0.25, 0.3) is 86.9 Å². The van der Waals surface area contributed by atoms with E-state index >= 15 is 0 Å². The van der Waals surface area contributed by atoms with Crippen molar-refractivity contribution in [1.29, 1.82) is 0 Å². The lowest BCUT2D eigenvalue weighted by molar-refractivity contribution is 0.591. The van der Waals surface area contributed by atoms with Gasteiger partial charge in [-0.15, -0.1) is 0 Å². The zero-order valence-electron chi connectivity index (χ0n) is 25.3. The van der Waals surface area contributed by atoms with Gasteiger partial charge in [-0.25, -0.2) is 0 Å². The Kier molecular flexibility index (Phi) is 5.26. The summed E-state index contributed by atoms with van der Waals surface area (Å²) in [6.45, 7) is 6.89. The van der Waals surface area contributed by atoms with Crippen LogP contribution in [0.1, 0.15) is 26.3 Å². The Labute approximate surface area is 257 Å². The highest BCUT2D eigenvalue weighted by Gasteiger charge is 2.18. The minimum atomic E-state index is 0.114. The number of rotatable bonds is 2. The molecule has 44 heavy (non-hydrogen) atoms. The quantitative estimate of drug-likeness (QED) is 0.184. The van der Waals surface area contributed by atoms with E-state index < -0.39 is 0 Å². The molecule has 0 aliphatic carbocycles. The number of fused-ring (bicyclic) bond motifs is 4. The average Bonchev–Trinajstić information content (AvgIpc) is 3.05. The van der Waals surface area contributed by atoms with E-state index in [1.165, 1.54) is 92.5 Å². The largest absolute Gasteiger partial charge is 0.0616 e. The summed E-state index contributed by atoms with van der Waals surface area (Å²) in [7, 11) is 0. The van der Waals surface area contributed by atoms with Crippen molar-refractivity contribution in [3.8, 4) is 22.3 Å². The topological polar surface area (TPSA) is 0 Å². The predicted molar refractivity (Wildman–Crippen MR) is 192 cm³/mol.